The van der Waals surface area contributed by atoms with E-state index in [2.05, 4.69) is 27.5 Å². The predicted octanol–water partition coefficient (Wildman–Crippen LogP) is 2.42. The van der Waals surface area contributed by atoms with Gasteiger partial charge in [-0.3, -0.25) is 0 Å². The standard InChI is InChI=1S/C21H23N5O2/c27-21(23-15-18-7-9-22-20(14-18)26-10-4-8-24-26)25-11-12-28-19(16-25)13-17-5-2-1-3-6-17/h1-10,14,19H,11-13,15-16H2,(H,23,27). The summed E-state index contributed by atoms with van der Waals surface area (Å²) >= 11 is 0. The lowest BCUT2D eigenvalue weighted by atomic mass is 10.1. The molecule has 2 amide bonds. The summed E-state index contributed by atoms with van der Waals surface area (Å²) in [5.74, 6) is 0.728. The second-order valence-electron chi connectivity index (χ2n) is 6.76. The topological polar surface area (TPSA) is 72.3 Å². The van der Waals surface area contributed by atoms with E-state index in [1.807, 2.05) is 47.5 Å². The van der Waals surface area contributed by atoms with E-state index in [1.54, 1.807) is 17.1 Å². The zero-order valence-electron chi connectivity index (χ0n) is 15.6. The van der Waals surface area contributed by atoms with Gasteiger partial charge in [-0.2, -0.15) is 5.10 Å². The van der Waals surface area contributed by atoms with Gasteiger partial charge in [0.05, 0.1) is 12.7 Å². The molecule has 4 rings (SSSR count). The van der Waals surface area contributed by atoms with Crippen LogP contribution in [0.5, 0.6) is 0 Å². The molecule has 1 unspecified atom stereocenters. The van der Waals surface area contributed by atoms with Crippen molar-refractivity contribution >= 4 is 6.03 Å². The highest BCUT2D eigenvalue weighted by Gasteiger charge is 2.24. The molecule has 1 atom stereocenters. The first-order valence-electron chi connectivity index (χ1n) is 9.41. The minimum Gasteiger partial charge on any atom is -0.374 e. The molecular weight excluding hydrogens is 354 g/mol. The molecule has 1 aliphatic rings. The van der Waals surface area contributed by atoms with Crippen molar-refractivity contribution < 1.29 is 9.53 Å². The zero-order chi connectivity index (χ0) is 19.2. The molecule has 28 heavy (non-hydrogen) atoms. The third kappa shape index (κ3) is 4.55. The van der Waals surface area contributed by atoms with Crippen molar-refractivity contribution in [1.29, 1.82) is 0 Å². The number of carbonyl (C=O) groups is 1. The lowest BCUT2D eigenvalue weighted by Gasteiger charge is -2.33. The molecule has 0 saturated carbocycles. The Morgan fingerprint density at radius 1 is 1.14 bits per heavy atom. The number of hydrogen-bond acceptors (Lipinski definition) is 4. The molecule has 1 aromatic carbocycles. The van der Waals surface area contributed by atoms with Crippen LogP contribution < -0.4 is 5.32 Å². The van der Waals surface area contributed by atoms with Crippen molar-refractivity contribution in [1.82, 2.24) is 25.0 Å². The summed E-state index contributed by atoms with van der Waals surface area (Å²) in [4.78, 5) is 18.7. The molecule has 1 aliphatic heterocycles. The van der Waals surface area contributed by atoms with Crippen LogP contribution >= 0.6 is 0 Å². The number of ether oxygens (including phenoxy) is 1. The van der Waals surface area contributed by atoms with Crippen LogP contribution in [0.2, 0.25) is 0 Å². The van der Waals surface area contributed by atoms with Crippen molar-refractivity contribution in [2.75, 3.05) is 19.7 Å². The smallest absolute Gasteiger partial charge is 0.317 e. The molecule has 0 radical (unpaired) electrons. The molecule has 0 aliphatic carbocycles. The van der Waals surface area contributed by atoms with E-state index in [9.17, 15) is 4.79 Å². The van der Waals surface area contributed by atoms with Crippen LogP contribution in [-0.4, -0.2) is 51.5 Å². The van der Waals surface area contributed by atoms with E-state index in [0.29, 0.717) is 26.2 Å². The summed E-state index contributed by atoms with van der Waals surface area (Å²) in [5, 5.41) is 7.18. The van der Waals surface area contributed by atoms with Crippen molar-refractivity contribution in [3.05, 3.63) is 78.2 Å². The monoisotopic (exact) mass is 377 g/mol. The van der Waals surface area contributed by atoms with Crippen LogP contribution in [0.1, 0.15) is 11.1 Å². The van der Waals surface area contributed by atoms with Gasteiger partial charge in [-0.1, -0.05) is 30.3 Å². The number of hydrogen-bond donors (Lipinski definition) is 1. The first-order chi connectivity index (χ1) is 13.8. The van der Waals surface area contributed by atoms with E-state index in [1.165, 1.54) is 5.56 Å². The number of nitrogens with zero attached hydrogens (tertiary/aromatic N) is 4. The Kier molecular flexibility index (Phi) is 5.63. The van der Waals surface area contributed by atoms with Gasteiger partial charge in [-0.25, -0.2) is 14.5 Å². The van der Waals surface area contributed by atoms with Gasteiger partial charge in [0.2, 0.25) is 0 Å². The summed E-state index contributed by atoms with van der Waals surface area (Å²) in [7, 11) is 0. The molecule has 3 heterocycles. The van der Waals surface area contributed by atoms with E-state index >= 15 is 0 Å². The third-order valence-electron chi connectivity index (χ3n) is 4.72. The number of amides is 2. The number of morpholine rings is 1. The highest BCUT2D eigenvalue weighted by molar-refractivity contribution is 5.74. The molecule has 7 heteroatoms. The van der Waals surface area contributed by atoms with Gasteiger partial charge < -0.3 is 15.0 Å². The van der Waals surface area contributed by atoms with Crippen molar-refractivity contribution in [2.45, 2.75) is 19.1 Å². The van der Waals surface area contributed by atoms with Crippen molar-refractivity contribution in [2.24, 2.45) is 0 Å². The Morgan fingerprint density at radius 2 is 2.04 bits per heavy atom. The predicted molar refractivity (Wildman–Crippen MR) is 105 cm³/mol. The maximum Gasteiger partial charge on any atom is 0.317 e. The Hall–Kier alpha value is -3.19. The molecule has 0 bridgehead atoms. The minimum atomic E-state index is -0.0705. The Balaban J connectivity index is 1.32. The average molecular weight is 377 g/mol. The lowest BCUT2D eigenvalue weighted by Crippen LogP contribution is -2.50. The number of benzene rings is 1. The van der Waals surface area contributed by atoms with Gasteiger partial charge >= 0.3 is 6.03 Å². The number of urea groups is 1. The van der Waals surface area contributed by atoms with Gasteiger partial charge in [-0.05, 0) is 29.3 Å². The van der Waals surface area contributed by atoms with E-state index in [-0.39, 0.29) is 12.1 Å². The zero-order valence-corrected chi connectivity index (χ0v) is 15.6. The molecule has 7 nitrogen and oxygen atoms in total. The third-order valence-corrected chi connectivity index (χ3v) is 4.72. The fourth-order valence-electron chi connectivity index (χ4n) is 3.29. The van der Waals surface area contributed by atoms with Crippen LogP contribution in [0.4, 0.5) is 4.79 Å². The van der Waals surface area contributed by atoms with Crippen molar-refractivity contribution in [3.63, 3.8) is 0 Å². The summed E-state index contributed by atoms with van der Waals surface area (Å²) in [6, 6.07) is 15.8. The molecular formula is C21H23N5O2. The van der Waals surface area contributed by atoms with Crippen LogP contribution in [0.15, 0.2) is 67.1 Å². The maximum atomic E-state index is 12.6. The fraction of sp³-hybridized carbons (Fsp3) is 0.286. The molecule has 1 fully saturated rings. The molecule has 1 N–H and O–H groups in total. The van der Waals surface area contributed by atoms with Gasteiger partial charge in [-0.15, -0.1) is 0 Å². The first kappa shape index (κ1) is 18.2. The molecule has 144 valence electrons. The van der Waals surface area contributed by atoms with E-state index in [4.69, 9.17) is 4.74 Å². The van der Waals surface area contributed by atoms with Crippen LogP contribution in [-0.2, 0) is 17.7 Å². The normalized spacial score (nSPS) is 16.7. The molecule has 1 saturated heterocycles. The Morgan fingerprint density at radius 3 is 2.86 bits per heavy atom. The average Bonchev–Trinajstić information content (AvgIpc) is 3.28. The number of nitrogens with one attached hydrogen (secondary N) is 1. The number of carbonyl (C=O) groups excluding carboxylic acids is 1. The SMILES string of the molecule is O=C(NCc1ccnc(-n2cccn2)c1)N1CCOC(Cc2ccccc2)C1. The van der Waals surface area contributed by atoms with Gasteiger partial charge in [0, 0.05) is 44.6 Å². The highest BCUT2D eigenvalue weighted by Crippen LogP contribution is 2.12. The van der Waals surface area contributed by atoms with Crippen LogP contribution in [0, 0.1) is 0 Å². The van der Waals surface area contributed by atoms with E-state index in [0.717, 1.165) is 17.8 Å². The molecule has 2 aromatic heterocycles. The minimum absolute atomic E-state index is 0.0224. The number of rotatable bonds is 5. The van der Waals surface area contributed by atoms with Gasteiger partial charge in [0.25, 0.3) is 0 Å². The van der Waals surface area contributed by atoms with Crippen LogP contribution in [0.3, 0.4) is 0 Å². The molecule has 3 aromatic rings. The summed E-state index contributed by atoms with van der Waals surface area (Å²) in [6.45, 7) is 2.20. The Labute approximate surface area is 164 Å². The summed E-state index contributed by atoms with van der Waals surface area (Å²) in [6.07, 6.45) is 6.10. The van der Waals surface area contributed by atoms with Crippen LogP contribution in [0.25, 0.3) is 5.82 Å². The lowest BCUT2D eigenvalue weighted by molar-refractivity contribution is -0.0133. The second kappa shape index (κ2) is 8.67. The number of pyridine rings is 1. The highest BCUT2D eigenvalue weighted by atomic mass is 16.5. The summed E-state index contributed by atoms with van der Waals surface area (Å²) in [5.41, 5.74) is 2.20. The summed E-state index contributed by atoms with van der Waals surface area (Å²) < 4.78 is 7.54. The maximum absolute atomic E-state index is 12.6. The van der Waals surface area contributed by atoms with Gasteiger partial charge in [0.1, 0.15) is 0 Å². The Bertz CT molecular complexity index is 898. The fourth-order valence-corrected chi connectivity index (χ4v) is 3.29. The number of aromatic nitrogens is 3. The first-order valence-corrected chi connectivity index (χ1v) is 9.41. The second-order valence-corrected chi connectivity index (χ2v) is 6.76. The van der Waals surface area contributed by atoms with Gasteiger partial charge in [0.15, 0.2) is 5.82 Å². The van der Waals surface area contributed by atoms with E-state index < -0.39 is 0 Å². The largest absolute Gasteiger partial charge is 0.374 e. The quantitative estimate of drug-likeness (QED) is 0.741. The van der Waals surface area contributed by atoms with Crippen molar-refractivity contribution in [3.8, 4) is 5.82 Å². The molecule has 0 spiro atoms.